The molecule has 2 N–H and O–H groups in total. The van der Waals surface area contributed by atoms with E-state index in [2.05, 4.69) is 26.8 Å². The average Bonchev–Trinajstić information content (AvgIpc) is 3.16. The standard InChI is InChI=1S/C19H14BrClN2O4/c20-12-6-8-16(21)15(10-12)18(24)22-23-19(25)17-9-7-14(27-17)11-26-13-4-2-1-3-5-13/h1-10H,11H2,(H,22,24)(H,23,25). The highest BCUT2D eigenvalue weighted by atomic mass is 79.9. The number of hydrogen-bond acceptors (Lipinski definition) is 4. The van der Waals surface area contributed by atoms with Crippen LogP contribution in [0.2, 0.25) is 5.02 Å². The van der Waals surface area contributed by atoms with Crippen molar-refractivity contribution < 1.29 is 18.7 Å². The van der Waals surface area contributed by atoms with Gasteiger partial charge in [0.1, 0.15) is 18.1 Å². The number of benzene rings is 2. The fourth-order valence-electron chi connectivity index (χ4n) is 2.16. The Bertz CT molecular complexity index is 959. The highest BCUT2D eigenvalue weighted by Crippen LogP contribution is 2.20. The molecule has 1 heterocycles. The smallest absolute Gasteiger partial charge is 0.305 e. The molecule has 3 aromatic rings. The summed E-state index contributed by atoms with van der Waals surface area (Å²) in [5.74, 6) is 0.0694. The normalized spacial score (nSPS) is 10.3. The number of para-hydroxylation sites is 1. The zero-order valence-electron chi connectivity index (χ0n) is 13.9. The molecule has 0 aliphatic carbocycles. The Morgan fingerprint density at radius 1 is 1.00 bits per heavy atom. The third-order valence-electron chi connectivity index (χ3n) is 3.47. The lowest BCUT2D eigenvalue weighted by Crippen LogP contribution is -2.41. The van der Waals surface area contributed by atoms with Crippen molar-refractivity contribution in [3.05, 3.63) is 87.2 Å². The van der Waals surface area contributed by atoms with E-state index in [1.165, 1.54) is 6.07 Å². The molecule has 0 saturated carbocycles. The van der Waals surface area contributed by atoms with Gasteiger partial charge in [-0.05, 0) is 42.5 Å². The molecule has 0 spiro atoms. The summed E-state index contributed by atoms with van der Waals surface area (Å²) in [6, 6.07) is 17.2. The topological polar surface area (TPSA) is 80.6 Å². The molecule has 2 aromatic carbocycles. The number of ether oxygens (including phenoxy) is 1. The number of rotatable bonds is 5. The highest BCUT2D eigenvalue weighted by Gasteiger charge is 2.15. The molecule has 27 heavy (non-hydrogen) atoms. The Morgan fingerprint density at radius 2 is 1.74 bits per heavy atom. The van der Waals surface area contributed by atoms with Crippen LogP contribution in [0.3, 0.4) is 0 Å². The fraction of sp³-hybridized carbons (Fsp3) is 0.0526. The van der Waals surface area contributed by atoms with Crippen LogP contribution in [0.4, 0.5) is 0 Å². The van der Waals surface area contributed by atoms with Crippen LogP contribution in [-0.2, 0) is 6.61 Å². The summed E-state index contributed by atoms with van der Waals surface area (Å²) in [6.45, 7) is 0.178. The van der Waals surface area contributed by atoms with Crippen molar-refractivity contribution in [2.24, 2.45) is 0 Å². The van der Waals surface area contributed by atoms with Crippen LogP contribution < -0.4 is 15.6 Å². The van der Waals surface area contributed by atoms with Crippen LogP contribution in [0.5, 0.6) is 5.75 Å². The van der Waals surface area contributed by atoms with E-state index in [0.29, 0.717) is 16.0 Å². The van der Waals surface area contributed by atoms with Gasteiger partial charge in [0.25, 0.3) is 5.91 Å². The van der Waals surface area contributed by atoms with Crippen LogP contribution >= 0.6 is 27.5 Å². The molecule has 2 amide bonds. The van der Waals surface area contributed by atoms with Gasteiger partial charge in [-0.1, -0.05) is 45.7 Å². The maximum absolute atomic E-state index is 12.1. The van der Waals surface area contributed by atoms with Gasteiger partial charge in [-0.2, -0.15) is 0 Å². The van der Waals surface area contributed by atoms with Crippen molar-refractivity contribution in [2.75, 3.05) is 0 Å². The van der Waals surface area contributed by atoms with Crippen LogP contribution in [0.25, 0.3) is 0 Å². The molecule has 6 nitrogen and oxygen atoms in total. The minimum Gasteiger partial charge on any atom is -0.486 e. The van der Waals surface area contributed by atoms with Crippen molar-refractivity contribution in [2.45, 2.75) is 6.61 Å². The summed E-state index contributed by atoms with van der Waals surface area (Å²) in [5.41, 5.74) is 4.81. The summed E-state index contributed by atoms with van der Waals surface area (Å²) in [5, 5.41) is 0.267. The maximum atomic E-state index is 12.1. The predicted octanol–water partition coefficient (Wildman–Crippen LogP) is 4.35. The van der Waals surface area contributed by atoms with Crippen molar-refractivity contribution in [3.63, 3.8) is 0 Å². The van der Waals surface area contributed by atoms with E-state index in [4.69, 9.17) is 20.8 Å². The van der Waals surface area contributed by atoms with Gasteiger partial charge in [0.05, 0.1) is 10.6 Å². The number of carbonyl (C=O) groups is 2. The lowest BCUT2D eigenvalue weighted by molar-refractivity contribution is 0.0828. The van der Waals surface area contributed by atoms with Gasteiger partial charge < -0.3 is 9.15 Å². The molecule has 0 aliphatic heterocycles. The first-order chi connectivity index (χ1) is 13.0. The maximum Gasteiger partial charge on any atom is 0.305 e. The number of amides is 2. The zero-order chi connectivity index (χ0) is 19.2. The largest absolute Gasteiger partial charge is 0.486 e. The zero-order valence-corrected chi connectivity index (χ0v) is 16.2. The van der Waals surface area contributed by atoms with E-state index in [1.807, 2.05) is 30.3 Å². The van der Waals surface area contributed by atoms with E-state index < -0.39 is 11.8 Å². The van der Waals surface area contributed by atoms with Crippen LogP contribution in [0.1, 0.15) is 26.7 Å². The van der Waals surface area contributed by atoms with Gasteiger partial charge in [-0.25, -0.2) is 0 Å². The molecule has 0 aliphatic rings. The van der Waals surface area contributed by atoms with Gasteiger partial charge in [-0.15, -0.1) is 0 Å². The minimum absolute atomic E-state index is 0.0438. The van der Waals surface area contributed by atoms with Crippen molar-refractivity contribution in [3.8, 4) is 5.75 Å². The molecule has 0 fully saturated rings. The van der Waals surface area contributed by atoms with E-state index in [1.54, 1.807) is 24.3 Å². The van der Waals surface area contributed by atoms with Gasteiger partial charge in [0.2, 0.25) is 0 Å². The first-order valence-corrected chi connectivity index (χ1v) is 9.02. The second kappa shape index (κ2) is 8.75. The van der Waals surface area contributed by atoms with Crippen molar-refractivity contribution in [1.82, 2.24) is 10.9 Å². The molecular formula is C19H14BrClN2O4. The molecule has 8 heteroatoms. The Balaban J connectivity index is 1.55. The van der Waals surface area contributed by atoms with E-state index in [9.17, 15) is 9.59 Å². The van der Waals surface area contributed by atoms with Crippen LogP contribution in [-0.4, -0.2) is 11.8 Å². The molecule has 0 atom stereocenters. The minimum atomic E-state index is -0.597. The summed E-state index contributed by atoms with van der Waals surface area (Å²) < 4.78 is 11.7. The predicted molar refractivity (Wildman–Crippen MR) is 104 cm³/mol. The monoisotopic (exact) mass is 448 g/mol. The number of hydrazine groups is 1. The average molecular weight is 450 g/mol. The molecule has 0 bridgehead atoms. The Labute approximate surface area is 168 Å². The fourth-order valence-corrected chi connectivity index (χ4v) is 2.73. The van der Waals surface area contributed by atoms with Crippen LogP contribution in [0.15, 0.2) is 69.6 Å². The van der Waals surface area contributed by atoms with Gasteiger partial charge in [-0.3, -0.25) is 20.4 Å². The first kappa shape index (κ1) is 19.0. The molecular weight excluding hydrogens is 436 g/mol. The molecule has 3 rings (SSSR count). The quantitative estimate of drug-likeness (QED) is 0.568. The Morgan fingerprint density at radius 3 is 2.52 bits per heavy atom. The Kier molecular flexibility index (Phi) is 6.16. The van der Waals surface area contributed by atoms with Crippen LogP contribution in [0, 0.1) is 0 Å². The second-order valence-electron chi connectivity index (χ2n) is 5.40. The number of furan rings is 1. The summed E-state index contributed by atoms with van der Waals surface area (Å²) in [7, 11) is 0. The Hall–Kier alpha value is -2.77. The third-order valence-corrected chi connectivity index (χ3v) is 4.30. The summed E-state index contributed by atoms with van der Waals surface area (Å²) in [4.78, 5) is 24.3. The lowest BCUT2D eigenvalue weighted by Gasteiger charge is -2.08. The van der Waals surface area contributed by atoms with Crippen molar-refractivity contribution >= 4 is 39.3 Å². The number of halogens is 2. The second-order valence-corrected chi connectivity index (χ2v) is 6.72. The van der Waals surface area contributed by atoms with Gasteiger partial charge in [0.15, 0.2) is 5.76 Å². The molecule has 0 saturated heterocycles. The van der Waals surface area contributed by atoms with E-state index >= 15 is 0 Å². The number of carbonyl (C=O) groups excluding carboxylic acids is 2. The molecule has 0 radical (unpaired) electrons. The summed E-state index contributed by atoms with van der Waals surface area (Å²) >= 11 is 9.25. The number of hydrogen-bond donors (Lipinski definition) is 2. The lowest BCUT2D eigenvalue weighted by atomic mass is 10.2. The molecule has 1 aromatic heterocycles. The molecule has 138 valence electrons. The molecule has 0 unspecified atom stereocenters. The van der Waals surface area contributed by atoms with Gasteiger partial charge in [0, 0.05) is 4.47 Å². The summed E-state index contributed by atoms with van der Waals surface area (Å²) in [6.07, 6.45) is 0. The van der Waals surface area contributed by atoms with E-state index in [-0.39, 0.29) is 23.0 Å². The van der Waals surface area contributed by atoms with Crippen molar-refractivity contribution in [1.29, 1.82) is 0 Å². The first-order valence-electron chi connectivity index (χ1n) is 7.85. The SMILES string of the molecule is O=C(NNC(=O)c1cc(Br)ccc1Cl)c1ccc(COc2ccccc2)o1. The number of nitrogens with one attached hydrogen (secondary N) is 2. The highest BCUT2D eigenvalue weighted by molar-refractivity contribution is 9.10. The third kappa shape index (κ3) is 5.12. The van der Waals surface area contributed by atoms with E-state index in [0.717, 1.165) is 0 Å². The van der Waals surface area contributed by atoms with Gasteiger partial charge >= 0.3 is 5.91 Å².